The average Bonchev–Trinajstić information content (AvgIpc) is 1.63. The molecule has 2 saturated heterocycles. The van der Waals surface area contributed by atoms with E-state index in [2.05, 4.69) is 52.3 Å². The van der Waals surface area contributed by atoms with Crippen molar-refractivity contribution in [2.45, 2.75) is 185 Å². The summed E-state index contributed by atoms with van der Waals surface area (Å²) in [7, 11) is -1.11. The molecule has 6 aliphatic heterocycles. The maximum atomic E-state index is 15.6. The molecule has 9 N–H and O–H groups in total. The van der Waals surface area contributed by atoms with E-state index in [9.17, 15) is 37.5 Å². The monoisotopic (exact) mass is 1600 g/mol. The second kappa shape index (κ2) is 37.9. The number of carbonyl (C=O) groups is 9. The summed E-state index contributed by atoms with van der Waals surface area (Å²) in [5.41, 5.74) is 1.39. The molecule has 0 saturated carbocycles. The van der Waals surface area contributed by atoms with Gasteiger partial charge in [-0.2, -0.15) is 0 Å². The Kier molecular flexibility index (Phi) is 28.0. The zero-order valence-corrected chi connectivity index (χ0v) is 68.2. The minimum Gasteiger partial charge on any atom is -0.490 e. The molecule has 12 atom stereocenters. The van der Waals surface area contributed by atoms with Crippen LogP contribution in [0, 0.1) is 22.7 Å². The van der Waals surface area contributed by atoms with Gasteiger partial charge in [0.15, 0.2) is 0 Å². The highest BCUT2D eigenvalue weighted by Crippen LogP contribution is 2.35. The Bertz CT molecular complexity index is 4990. The number of aliphatic carboxylic acids is 1. The van der Waals surface area contributed by atoms with Gasteiger partial charge in [0.2, 0.25) is 47.3 Å². The Morgan fingerprint density at radius 1 is 0.586 bits per heavy atom. The maximum absolute atomic E-state index is 15.6. The van der Waals surface area contributed by atoms with E-state index in [1.54, 1.807) is 106 Å². The number of benzene rings is 7. The molecule has 0 spiro atoms. The first kappa shape index (κ1) is 85.5. The van der Waals surface area contributed by atoms with Crippen LogP contribution >= 0.6 is 0 Å². The minimum absolute atomic E-state index is 0.0299. The molecule has 14 rings (SSSR count). The summed E-state index contributed by atoms with van der Waals surface area (Å²) in [5.74, 6) is -6.39. The molecule has 8 amide bonds. The van der Waals surface area contributed by atoms with Crippen LogP contribution in [-0.4, -0.2) is 180 Å². The number of rotatable bonds is 16. The predicted octanol–water partition coefficient (Wildman–Crippen LogP) is 7.85. The number of ether oxygens (including phenoxy) is 2. The molecule has 7 aromatic carbocycles. The molecule has 6 aliphatic rings. The van der Waals surface area contributed by atoms with Crippen molar-refractivity contribution in [3.05, 3.63) is 210 Å². The summed E-state index contributed by atoms with van der Waals surface area (Å²) in [6.45, 7) is 14.3. The van der Waals surface area contributed by atoms with Crippen molar-refractivity contribution in [2.24, 2.45) is 22.7 Å². The molecule has 0 radical (unpaired) electrons. The van der Waals surface area contributed by atoms with Crippen LogP contribution < -0.4 is 51.4 Å². The van der Waals surface area contributed by atoms with Gasteiger partial charge in [0.25, 0.3) is 10.0 Å². The molecule has 116 heavy (non-hydrogen) atoms. The molecular weight excluding hydrogens is 1500 g/mol. The number of sulfonamides is 1. The number of likely N-dealkylation sites (tertiary alicyclic amines) is 2. The van der Waals surface area contributed by atoms with Crippen molar-refractivity contribution >= 4 is 84.8 Å². The van der Waals surface area contributed by atoms with Gasteiger partial charge in [-0.05, 0) is 163 Å². The molecule has 0 aliphatic carbocycles. The van der Waals surface area contributed by atoms with Gasteiger partial charge in [0, 0.05) is 44.3 Å². The van der Waals surface area contributed by atoms with Gasteiger partial charge in [0.05, 0.1) is 29.2 Å². The molecule has 0 unspecified atom stereocenters. The van der Waals surface area contributed by atoms with Crippen LogP contribution in [0.1, 0.15) is 121 Å². The Morgan fingerprint density at radius 3 is 1.68 bits per heavy atom. The van der Waals surface area contributed by atoms with Crippen molar-refractivity contribution in [1.82, 2.24) is 66.7 Å². The number of hydrogen-bond donors (Lipinski definition) is 9. The standard InChI is InChI=1S/C88H107N13O14S/c1-54(89-9)78(102)94-76(87(3,4)5)84(108)99-50-60-20-18-19-41-114-69-37-29-56(30-38-69)42-65(80(104)97-116(112,113)71-25-12-11-13-26-71)35-36-66(45-58-27-33-61-21-14-16-23-63(61)43-58)91-82(106)75-49-68(52-100(75)85(109)77(88(6,7)8)95-79(103)55(2)90-10)101-51-67(96-98-101)53-115-70-39-31-57(32-40-70)46-73(86(110)111)93-81(105)72(92-83(107)74(99)48-60)47-59-28-34-62-22-15-17-24-64(62)44-59/h11-19,21-34,37-40,43-44,51,54-55,60,65-66,68,72-77,89-90H,20,35-36,41-42,45-50,52-53H2,1-10H3,(H,91,106)(H,92,107)(H,93,105)(H,94,102)(H,95,103)(H,97,104)(H,110,111)/b19-18+/t54-,55-,60-,65-,66+,68-,72-,73-,74-,75-,76+,77+/m0/s1. The van der Waals surface area contributed by atoms with Gasteiger partial charge in [-0.1, -0.05) is 186 Å². The third-order valence-corrected chi connectivity index (χ3v) is 23.4. The fraction of sp³-hybridized carbons (Fsp3) is 0.420. The Morgan fingerprint density at radius 2 is 1.11 bits per heavy atom. The normalized spacial score (nSPS) is 21.7. The quantitative estimate of drug-likeness (QED) is 0.0416. The zero-order chi connectivity index (χ0) is 83.2. The Labute approximate surface area is 677 Å². The first-order chi connectivity index (χ1) is 55.3. The average molecular weight is 1600 g/mol. The lowest BCUT2D eigenvalue weighted by molar-refractivity contribution is -0.145. The second-order valence-electron chi connectivity index (χ2n) is 32.8. The number of nitrogens with zero attached hydrogens (tertiary/aromatic N) is 5. The van der Waals surface area contributed by atoms with Crippen LogP contribution in [0.5, 0.6) is 11.5 Å². The number of fused-ring (bicyclic) bond motifs is 2. The summed E-state index contributed by atoms with van der Waals surface area (Å²) in [4.78, 5) is 134. The van der Waals surface area contributed by atoms with Crippen LogP contribution in [0.4, 0.5) is 0 Å². The largest absolute Gasteiger partial charge is 0.490 e. The van der Waals surface area contributed by atoms with Crippen molar-refractivity contribution < 1.29 is 66.1 Å². The topological polar surface area (TPSA) is 360 Å². The van der Waals surface area contributed by atoms with Gasteiger partial charge in [-0.3, -0.25) is 38.4 Å². The lowest BCUT2D eigenvalue weighted by atomic mass is 9.85. The number of hydrogen-bond acceptors (Lipinski definition) is 17. The van der Waals surface area contributed by atoms with Crippen LogP contribution in [0.25, 0.3) is 21.5 Å². The summed E-state index contributed by atoms with van der Waals surface area (Å²) >= 11 is 0. The number of likely N-dealkylation sites (N-methyl/N-ethyl adjacent to an activating group) is 2. The highest BCUT2D eigenvalue weighted by atomic mass is 32.2. The summed E-state index contributed by atoms with van der Waals surface area (Å²) in [6, 6.07) is 38.4. The van der Waals surface area contributed by atoms with E-state index in [0.717, 1.165) is 27.1 Å². The molecule has 2 fully saturated rings. The van der Waals surface area contributed by atoms with Crippen LogP contribution in [-0.2, 0) is 85.5 Å². The van der Waals surface area contributed by atoms with Crippen molar-refractivity contribution in [3.8, 4) is 11.5 Å². The zero-order valence-electron chi connectivity index (χ0n) is 67.3. The smallest absolute Gasteiger partial charge is 0.326 e. The fourth-order valence-corrected chi connectivity index (χ4v) is 16.1. The van der Waals surface area contributed by atoms with E-state index in [1.807, 2.05) is 139 Å². The highest BCUT2D eigenvalue weighted by Gasteiger charge is 2.48. The molecule has 8 aromatic rings. The number of carbonyl (C=O) groups excluding carboxylic acids is 8. The molecule has 7 heterocycles. The van der Waals surface area contributed by atoms with Gasteiger partial charge in [-0.25, -0.2) is 22.6 Å². The Balaban J connectivity index is 0.930. The molecule has 1 aromatic heterocycles. The van der Waals surface area contributed by atoms with Gasteiger partial charge >= 0.3 is 5.97 Å². The first-order valence-electron chi connectivity index (χ1n) is 39.6. The third-order valence-electron chi connectivity index (χ3n) is 22.0. The van der Waals surface area contributed by atoms with Crippen molar-refractivity contribution in [1.29, 1.82) is 0 Å². The number of allylic oxidation sites excluding steroid dienone is 1. The van der Waals surface area contributed by atoms with E-state index >= 15 is 19.2 Å². The number of amides is 8. The number of nitrogens with one attached hydrogen (secondary N) is 8. The molecule has 28 heteroatoms. The molecular formula is C88H107N13O14S. The number of carboxylic acid groups (broad SMARTS) is 1. The van der Waals surface area contributed by atoms with E-state index in [4.69, 9.17) is 9.47 Å². The van der Waals surface area contributed by atoms with Gasteiger partial charge < -0.3 is 61.6 Å². The summed E-state index contributed by atoms with van der Waals surface area (Å²) in [6.07, 6.45) is 6.26. The lowest BCUT2D eigenvalue weighted by Crippen LogP contribution is -2.60. The molecule has 27 nitrogen and oxygen atoms in total. The van der Waals surface area contributed by atoms with E-state index in [-0.39, 0.29) is 88.5 Å². The fourth-order valence-electron chi connectivity index (χ4n) is 15.0. The maximum Gasteiger partial charge on any atom is 0.326 e. The second-order valence-corrected chi connectivity index (χ2v) is 34.5. The SMILES string of the molecule is CN[C@@H](C)C(=O)N[C@H](C(=O)N1C[C@@H]2C[C@H]1C(=O)N[C@@H](Cc1ccc3ccccc3c1)CC[C@H](C(=O)NS(=O)(=O)c1ccccc1)Cc1ccc(cc1)OC/C=C/C[C@H]1C[C@@H](C(=O)N[C@@H](Cc3ccc4ccccc4c3)C(=O)N[C@H](C(=O)O)Cc3ccc(cc3)OCc3cn2nn3)N(C(=O)[C@@H](NC(=O)[C@H](C)NC)C(C)(C)C)C1)C(C)(C)C. The third kappa shape index (κ3) is 22.2. The van der Waals surface area contributed by atoms with Crippen LogP contribution in [0.2, 0.25) is 0 Å². The number of aromatic nitrogens is 3. The first-order valence-corrected chi connectivity index (χ1v) is 41.1. The highest BCUT2D eigenvalue weighted by molar-refractivity contribution is 7.90. The van der Waals surface area contributed by atoms with Gasteiger partial charge in [-0.15, -0.1) is 5.10 Å². The Hall–Kier alpha value is -11.4. The van der Waals surface area contributed by atoms with Crippen molar-refractivity contribution in [2.75, 3.05) is 33.8 Å². The lowest BCUT2D eigenvalue weighted by Gasteiger charge is -2.36. The van der Waals surface area contributed by atoms with E-state index in [0.29, 0.717) is 40.3 Å². The van der Waals surface area contributed by atoms with E-state index in [1.165, 1.54) is 21.9 Å². The summed E-state index contributed by atoms with van der Waals surface area (Å²) in [5, 5.41) is 44.2. The van der Waals surface area contributed by atoms with Crippen LogP contribution in [0.3, 0.4) is 0 Å². The number of carboxylic acids is 1. The van der Waals surface area contributed by atoms with E-state index < -0.39 is 140 Å². The molecule has 614 valence electrons. The minimum atomic E-state index is -4.37. The predicted molar refractivity (Wildman–Crippen MR) is 440 cm³/mol. The molecule has 10 bridgehead atoms. The van der Waals surface area contributed by atoms with Gasteiger partial charge in [0.1, 0.15) is 66.7 Å². The van der Waals surface area contributed by atoms with Crippen molar-refractivity contribution in [3.63, 3.8) is 0 Å². The van der Waals surface area contributed by atoms with Crippen LogP contribution in [0.15, 0.2) is 187 Å². The summed E-state index contributed by atoms with van der Waals surface area (Å²) < 4.78 is 44.4.